The van der Waals surface area contributed by atoms with Crippen LogP contribution in [0.1, 0.15) is 32.8 Å². The number of hydrogen-bond donors (Lipinski definition) is 1. The van der Waals surface area contributed by atoms with Crippen LogP contribution in [0.25, 0.3) is 0 Å². The average Bonchev–Trinajstić information content (AvgIpc) is 2.56. The van der Waals surface area contributed by atoms with Crippen molar-refractivity contribution < 1.29 is 14.3 Å². The first-order valence-electron chi connectivity index (χ1n) is 8.82. The van der Waals surface area contributed by atoms with E-state index in [1.54, 1.807) is 12.2 Å². The van der Waals surface area contributed by atoms with Crippen molar-refractivity contribution in [1.29, 1.82) is 0 Å². The van der Waals surface area contributed by atoms with Gasteiger partial charge in [0, 0.05) is 0 Å². The van der Waals surface area contributed by atoms with Crippen LogP contribution in [0.15, 0.2) is 55.6 Å². The van der Waals surface area contributed by atoms with Crippen LogP contribution in [0.5, 0.6) is 0 Å². The third-order valence-corrected chi connectivity index (χ3v) is 9.53. The third kappa shape index (κ3) is 6.23. The molecule has 25 heavy (non-hydrogen) atoms. The quantitative estimate of drug-likeness (QED) is 0.465. The molecule has 0 aromatic heterocycles. The molecular weight excluding hydrogens is 328 g/mol. The lowest BCUT2D eigenvalue weighted by Crippen LogP contribution is -2.51. The molecule has 0 bridgehead atoms. The van der Waals surface area contributed by atoms with Gasteiger partial charge in [0.15, 0.2) is 8.32 Å². The van der Waals surface area contributed by atoms with Crippen LogP contribution in [-0.2, 0) is 15.8 Å². The second-order valence-electron chi connectivity index (χ2n) is 8.05. The molecule has 0 aliphatic rings. The predicted molar refractivity (Wildman–Crippen MR) is 108 cm³/mol. The number of benzene rings is 1. The van der Waals surface area contributed by atoms with E-state index in [-0.39, 0.29) is 11.6 Å². The second-order valence-corrected chi connectivity index (χ2v) is 12.9. The molecule has 0 fully saturated rings. The van der Waals surface area contributed by atoms with E-state index in [1.807, 2.05) is 30.3 Å². The molecule has 0 aliphatic carbocycles. The van der Waals surface area contributed by atoms with Gasteiger partial charge in [-0.05, 0) is 30.1 Å². The van der Waals surface area contributed by atoms with Gasteiger partial charge in [0.25, 0.3) is 0 Å². The first-order chi connectivity index (χ1) is 11.6. The van der Waals surface area contributed by atoms with Crippen molar-refractivity contribution in [2.45, 2.75) is 63.6 Å². The average molecular weight is 363 g/mol. The normalized spacial score (nSPS) is 16.1. The maximum absolute atomic E-state index is 11.1. The summed E-state index contributed by atoms with van der Waals surface area (Å²) in [7, 11) is -1.98. The molecule has 0 amide bonds. The molecule has 1 rings (SSSR count). The van der Waals surface area contributed by atoms with Gasteiger partial charge in [-0.2, -0.15) is 0 Å². The van der Waals surface area contributed by atoms with Gasteiger partial charge in [0.1, 0.15) is 5.60 Å². The van der Waals surface area contributed by atoms with E-state index in [0.717, 1.165) is 5.56 Å². The van der Waals surface area contributed by atoms with Crippen LogP contribution >= 0.6 is 0 Å². The van der Waals surface area contributed by atoms with Crippen LogP contribution in [-0.4, -0.2) is 31.7 Å². The van der Waals surface area contributed by atoms with Crippen LogP contribution in [0.2, 0.25) is 18.1 Å². The summed E-state index contributed by atoms with van der Waals surface area (Å²) < 4.78 is 12.3. The Balaban J connectivity index is 2.84. The van der Waals surface area contributed by atoms with Crippen LogP contribution in [0, 0.1) is 0 Å². The van der Waals surface area contributed by atoms with Gasteiger partial charge in [-0.3, -0.25) is 0 Å². The van der Waals surface area contributed by atoms with E-state index in [0.29, 0.717) is 13.0 Å². The summed E-state index contributed by atoms with van der Waals surface area (Å²) in [6.07, 6.45) is 3.37. The van der Waals surface area contributed by atoms with E-state index in [2.05, 4.69) is 47.0 Å². The van der Waals surface area contributed by atoms with Gasteiger partial charge in [-0.1, -0.05) is 63.3 Å². The molecule has 2 atom stereocenters. The van der Waals surface area contributed by atoms with Crippen LogP contribution < -0.4 is 0 Å². The Labute approximate surface area is 154 Å². The zero-order chi connectivity index (χ0) is 19.1. The smallest absolute Gasteiger partial charge is 0.192 e. The van der Waals surface area contributed by atoms with Crippen molar-refractivity contribution in [3.63, 3.8) is 0 Å². The summed E-state index contributed by atoms with van der Waals surface area (Å²) in [6, 6.07) is 9.93. The molecule has 0 aliphatic heterocycles. The Hall–Kier alpha value is -1.20. The highest BCUT2D eigenvalue weighted by atomic mass is 28.4. The summed E-state index contributed by atoms with van der Waals surface area (Å²) in [5.41, 5.74) is -0.188. The molecule has 140 valence electrons. The highest BCUT2D eigenvalue weighted by Gasteiger charge is 2.41. The molecule has 1 N–H and O–H groups in total. The minimum atomic E-state index is -1.98. The molecule has 0 heterocycles. The van der Waals surface area contributed by atoms with Crippen LogP contribution in [0.3, 0.4) is 0 Å². The lowest BCUT2D eigenvalue weighted by Gasteiger charge is -2.40. The van der Waals surface area contributed by atoms with Gasteiger partial charge < -0.3 is 14.3 Å². The largest absolute Gasteiger partial charge is 0.413 e. The van der Waals surface area contributed by atoms with E-state index < -0.39 is 20.0 Å². The maximum Gasteiger partial charge on any atom is 0.192 e. The molecule has 4 heteroatoms. The van der Waals surface area contributed by atoms with E-state index in [9.17, 15) is 5.11 Å². The van der Waals surface area contributed by atoms with Gasteiger partial charge in [0.05, 0.1) is 19.3 Å². The van der Waals surface area contributed by atoms with Crippen molar-refractivity contribution >= 4 is 8.32 Å². The molecule has 0 radical (unpaired) electrons. The molecule has 0 saturated carbocycles. The predicted octanol–water partition coefficient (Wildman–Crippen LogP) is 5.09. The van der Waals surface area contributed by atoms with Gasteiger partial charge in [-0.25, -0.2) is 0 Å². The third-order valence-electron chi connectivity index (χ3n) is 5.06. The Kier molecular flexibility index (Phi) is 7.81. The molecular formula is C21H34O3Si. The Morgan fingerprint density at radius 1 is 1.16 bits per heavy atom. The van der Waals surface area contributed by atoms with Gasteiger partial charge in [-0.15, -0.1) is 13.2 Å². The van der Waals surface area contributed by atoms with E-state index in [1.165, 1.54) is 0 Å². The van der Waals surface area contributed by atoms with Gasteiger partial charge in [0.2, 0.25) is 0 Å². The van der Waals surface area contributed by atoms with Crippen molar-refractivity contribution in [1.82, 2.24) is 0 Å². The number of ether oxygens (including phenoxy) is 1. The standard InChI is InChI=1S/C21H34O3Si/c1-8-13-19(23-16-18-14-11-10-12-15-18)21(22,9-2)17-24-25(6,7)20(3,4)5/h8-12,14-15,19,22H,1-2,13,16-17H2,3-7H3/t19-,21-/m0/s1. The highest BCUT2D eigenvalue weighted by Crippen LogP contribution is 2.37. The van der Waals surface area contributed by atoms with E-state index >= 15 is 0 Å². The first kappa shape index (κ1) is 21.8. The monoisotopic (exact) mass is 362 g/mol. The maximum atomic E-state index is 11.1. The molecule has 0 unspecified atom stereocenters. The minimum absolute atomic E-state index is 0.0773. The summed E-state index contributed by atoms with van der Waals surface area (Å²) in [6.45, 7) is 19.1. The van der Waals surface area contributed by atoms with Crippen LogP contribution in [0.4, 0.5) is 0 Å². The van der Waals surface area contributed by atoms with Crippen molar-refractivity contribution in [2.24, 2.45) is 0 Å². The fourth-order valence-corrected chi connectivity index (χ4v) is 3.16. The first-order valence-corrected chi connectivity index (χ1v) is 11.7. The topological polar surface area (TPSA) is 38.7 Å². The van der Waals surface area contributed by atoms with Crippen molar-refractivity contribution in [3.05, 3.63) is 61.2 Å². The second kappa shape index (κ2) is 8.95. The molecule has 1 aromatic carbocycles. The minimum Gasteiger partial charge on any atom is -0.413 e. The zero-order valence-electron chi connectivity index (χ0n) is 16.4. The summed E-state index contributed by atoms with van der Waals surface area (Å²) >= 11 is 0. The Morgan fingerprint density at radius 3 is 2.24 bits per heavy atom. The zero-order valence-corrected chi connectivity index (χ0v) is 17.4. The summed E-state index contributed by atoms with van der Waals surface area (Å²) in [4.78, 5) is 0. The lowest BCUT2D eigenvalue weighted by atomic mass is 9.95. The number of aliphatic hydroxyl groups is 1. The number of hydrogen-bond acceptors (Lipinski definition) is 3. The van der Waals surface area contributed by atoms with Crippen molar-refractivity contribution in [2.75, 3.05) is 6.61 Å². The summed E-state index contributed by atoms with van der Waals surface area (Å²) in [5, 5.41) is 11.2. The van der Waals surface area contributed by atoms with E-state index in [4.69, 9.17) is 9.16 Å². The Bertz CT molecular complexity index is 548. The molecule has 3 nitrogen and oxygen atoms in total. The Morgan fingerprint density at radius 2 is 1.76 bits per heavy atom. The lowest BCUT2D eigenvalue weighted by molar-refractivity contribution is -0.105. The fourth-order valence-electron chi connectivity index (χ4n) is 2.13. The molecule has 0 spiro atoms. The molecule has 1 aromatic rings. The fraction of sp³-hybridized carbons (Fsp3) is 0.524. The van der Waals surface area contributed by atoms with Crippen molar-refractivity contribution in [3.8, 4) is 0 Å². The highest BCUT2D eigenvalue weighted by molar-refractivity contribution is 6.74. The summed E-state index contributed by atoms with van der Waals surface area (Å²) in [5.74, 6) is 0. The number of rotatable bonds is 10. The molecule has 0 saturated heterocycles. The van der Waals surface area contributed by atoms with Gasteiger partial charge >= 0.3 is 0 Å². The SMILES string of the molecule is C=CC[C@H](OCc1ccccc1)[C@](O)(C=C)CO[Si](C)(C)C(C)(C)C.